The number of amides is 1. The number of hydrogen-bond acceptors (Lipinski definition) is 6. The molecule has 0 aliphatic rings. The zero-order valence-electron chi connectivity index (χ0n) is 17.9. The first-order valence-electron chi connectivity index (χ1n) is 9.94. The van der Waals surface area contributed by atoms with Crippen molar-refractivity contribution in [3.8, 4) is 11.5 Å². The smallest absolute Gasteiger partial charge is 0.310 e. The maximum absolute atomic E-state index is 12.2. The van der Waals surface area contributed by atoms with Crippen molar-refractivity contribution in [2.24, 2.45) is 5.10 Å². The van der Waals surface area contributed by atoms with Gasteiger partial charge in [0.15, 0.2) is 18.1 Å². The third-order valence-electron chi connectivity index (χ3n) is 4.55. The SMILES string of the molecule is COc1ccc(CC(=O)OCC(=O)NN=C(c2ccccc2)c2ccccc2)cc1OC. The molecule has 7 nitrogen and oxygen atoms in total. The van der Waals surface area contributed by atoms with Crippen LogP contribution in [0.25, 0.3) is 0 Å². The molecule has 0 saturated carbocycles. The van der Waals surface area contributed by atoms with E-state index >= 15 is 0 Å². The number of ether oxygens (including phenoxy) is 3. The van der Waals surface area contributed by atoms with E-state index in [1.807, 2.05) is 60.7 Å². The molecular formula is C25H24N2O5. The average Bonchev–Trinajstić information content (AvgIpc) is 2.84. The second-order valence-corrected chi connectivity index (χ2v) is 6.75. The van der Waals surface area contributed by atoms with Crippen molar-refractivity contribution in [1.29, 1.82) is 0 Å². The molecule has 0 aliphatic carbocycles. The topological polar surface area (TPSA) is 86.2 Å². The van der Waals surface area contributed by atoms with Crippen LogP contribution in [-0.4, -0.2) is 38.4 Å². The Morgan fingerprint density at radius 2 is 1.41 bits per heavy atom. The summed E-state index contributed by atoms with van der Waals surface area (Å²) in [6.07, 6.45) is -0.00379. The average molecular weight is 432 g/mol. The minimum absolute atomic E-state index is 0.00379. The first-order chi connectivity index (χ1) is 15.6. The largest absolute Gasteiger partial charge is 0.493 e. The number of nitrogens with one attached hydrogen (secondary N) is 1. The predicted octanol–water partition coefficient (Wildman–Crippen LogP) is 3.36. The van der Waals surface area contributed by atoms with Crippen molar-refractivity contribution in [2.75, 3.05) is 20.8 Å². The lowest BCUT2D eigenvalue weighted by Crippen LogP contribution is -2.26. The molecule has 1 amide bonds. The highest BCUT2D eigenvalue weighted by molar-refractivity contribution is 6.13. The molecule has 0 saturated heterocycles. The van der Waals surface area contributed by atoms with Gasteiger partial charge in [-0.3, -0.25) is 9.59 Å². The first kappa shape index (κ1) is 22.6. The molecule has 0 radical (unpaired) electrons. The zero-order valence-corrected chi connectivity index (χ0v) is 17.9. The lowest BCUT2D eigenvalue weighted by Gasteiger charge is -2.10. The molecule has 0 aromatic heterocycles. The molecule has 3 rings (SSSR count). The monoisotopic (exact) mass is 432 g/mol. The van der Waals surface area contributed by atoms with Gasteiger partial charge in [0, 0.05) is 11.1 Å². The molecule has 3 aromatic rings. The fourth-order valence-corrected chi connectivity index (χ4v) is 2.99. The molecule has 0 aliphatic heterocycles. The van der Waals surface area contributed by atoms with E-state index in [0.717, 1.165) is 11.1 Å². The Labute approximate surface area is 186 Å². The van der Waals surface area contributed by atoms with Crippen LogP contribution in [0, 0.1) is 0 Å². The maximum atomic E-state index is 12.2. The van der Waals surface area contributed by atoms with E-state index in [0.29, 0.717) is 22.8 Å². The van der Waals surface area contributed by atoms with Gasteiger partial charge < -0.3 is 14.2 Å². The van der Waals surface area contributed by atoms with E-state index in [9.17, 15) is 9.59 Å². The molecule has 7 heteroatoms. The number of esters is 1. The van der Waals surface area contributed by atoms with Gasteiger partial charge in [-0.05, 0) is 17.7 Å². The van der Waals surface area contributed by atoms with Crippen LogP contribution >= 0.6 is 0 Å². The standard InChI is InChI=1S/C25H24N2O5/c1-30-21-14-13-18(15-22(21)31-2)16-24(29)32-17-23(28)26-27-25(19-9-5-3-6-10-19)20-11-7-4-8-12-20/h3-15H,16-17H2,1-2H3,(H,26,28). The van der Waals surface area contributed by atoms with Crippen LogP contribution in [0.3, 0.4) is 0 Å². The number of carbonyl (C=O) groups is 2. The van der Waals surface area contributed by atoms with E-state index in [1.54, 1.807) is 18.2 Å². The van der Waals surface area contributed by atoms with Gasteiger partial charge in [-0.15, -0.1) is 0 Å². The highest BCUT2D eigenvalue weighted by Crippen LogP contribution is 2.27. The molecule has 0 bridgehead atoms. The van der Waals surface area contributed by atoms with Crippen LogP contribution < -0.4 is 14.9 Å². The normalized spacial score (nSPS) is 10.1. The lowest BCUT2D eigenvalue weighted by molar-refractivity contribution is -0.147. The maximum Gasteiger partial charge on any atom is 0.310 e. The van der Waals surface area contributed by atoms with Crippen LogP contribution in [0.5, 0.6) is 11.5 Å². The Balaban J connectivity index is 1.59. The number of carbonyl (C=O) groups excluding carboxylic acids is 2. The minimum atomic E-state index is -0.539. The van der Waals surface area contributed by atoms with Crippen molar-refractivity contribution in [1.82, 2.24) is 5.43 Å². The Hall–Kier alpha value is -4.13. The molecule has 0 atom stereocenters. The summed E-state index contributed by atoms with van der Waals surface area (Å²) < 4.78 is 15.5. The number of nitrogens with zero attached hydrogens (tertiary/aromatic N) is 1. The van der Waals surface area contributed by atoms with Gasteiger partial charge in [0.1, 0.15) is 0 Å². The second kappa shape index (κ2) is 11.3. The van der Waals surface area contributed by atoms with Gasteiger partial charge in [-0.1, -0.05) is 66.7 Å². The quantitative estimate of drug-likeness (QED) is 0.318. The van der Waals surface area contributed by atoms with Crippen LogP contribution in [0.1, 0.15) is 16.7 Å². The summed E-state index contributed by atoms with van der Waals surface area (Å²) in [4.78, 5) is 24.4. The van der Waals surface area contributed by atoms with Gasteiger partial charge in [-0.2, -0.15) is 5.10 Å². The minimum Gasteiger partial charge on any atom is -0.493 e. The number of hydrazone groups is 1. The fraction of sp³-hybridized carbons (Fsp3) is 0.160. The predicted molar refractivity (Wildman–Crippen MR) is 121 cm³/mol. The van der Waals surface area contributed by atoms with E-state index in [4.69, 9.17) is 14.2 Å². The Morgan fingerprint density at radius 1 is 0.812 bits per heavy atom. The molecule has 1 N–H and O–H groups in total. The van der Waals surface area contributed by atoms with Crippen molar-refractivity contribution in [2.45, 2.75) is 6.42 Å². The van der Waals surface area contributed by atoms with Crippen molar-refractivity contribution in [3.05, 3.63) is 95.6 Å². The summed E-state index contributed by atoms with van der Waals surface area (Å²) >= 11 is 0. The molecule has 164 valence electrons. The van der Waals surface area contributed by atoms with Gasteiger partial charge in [-0.25, -0.2) is 5.43 Å². The Morgan fingerprint density at radius 3 is 1.97 bits per heavy atom. The molecule has 32 heavy (non-hydrogen) atoms. The van der Waals surface area contributed by atoms with E-state index in [1.165, 1.54) is 14.2 Å². The van der Waals surface area contributed by atoms with E-state index < -0.39 is 18.5 Å². The van der Waals surface area contributed by atoms with Gasteiger partial charge in [0.05, 0.1) is 26.4 Å². The third kappa shape index (κ3) is 6.18. The first-order valence-corrected chi connectivity index (χ1v) is 9.94. The number of rotatable bonds is 9. The fourth-order valence-electron chi connectivity index (χ4n) is 2.99. The van der Waals surface area contributed by atoms with Crippen molar-refractivity contribution >= 4 is 17.6 Å². The second-order valence-electron chi connectivity index (χ2n) is 6.75. The van der Waals surface area contributed by atoms with Gasteiger partial charge in [0.2, 0.25) is 0 Å². The highest BCUT2D eigenvalue weighted by atomic mass is 16.5. The third-order valence-corrected chi connectivity index (χ3v) is 4.55. The molecule has 0 fully saturated rings. The van der Waals surface area contributed by atoms with E-state index in [2.05, 4.69) is 10.5 Å². The van der Waals surface area contributed by atoms with Crippen LogP contribution in [-0.2, 0) is 20.7 Å². The molecule has 0 unspecified atom stereocenters. The molecule has 0 heterocycles. The van der Waals surface area contributed by atoms with Gasteiger partial charge >= 0.3 is 5.97 Å². The van der Waals surface area contributed by atoms with Crippen LogP contribution in [0.2, 0.25) is 0 Å². The van der Waals surface area contributed by atoms with Crippen LogP contribution in [0.15, 0.2) is 84.0 Å². The van der Waals surface area contributed by atoms with Gasteiger partial charge in [0.25, 0.3) is 5.91 Å². The summed E-state index contributed by atoms with van der Waals surface area (Å²) in [6.45, 7) is -0.438. The Kier molecular flexibility index (Phi) is 7.97. The Bertz CT molecular complexity index is 1040. The summed E-state index contributed by atoms with van der Waals surface area (Å²) in [5.41, 5.74) is 5.46. The van der Waals surface area contributed by atoms with Crippen molar-refractivity contribution in [3.63, 3.8) is 0 Å². The van der Waals surface area contributed by atoms with Crippen molar-refractivity contribution < 1.29 is 23.8 Å². The molecule has 0 spiro atoms. The van der Waals surface area contributed by atoms with Crippen LogP contribution in [0.4, 0.5) is 0 Å². The number of benzene rings is 3. The summed E-state index contributed by atoms with van der Waals surface area (Å²) in [5.74, 6) is 0.00596. The number of hydrogen-bond donors (Lipinski definition) is 1. The summed E-state index contributed by atoms with van der Waals surface area (Å²) in [6, 6.07) is 24.1. The summed E-state index contributed by atoms with van der Waals surface area (Å²) in [5, 5.41) is 4.26. The lowest BCUT2D eigenvalue weighted by atomic mass is 10.0. The van der Waals surface area contributed by atoms with E-state index in [-0.39, 0.29) is 6.42 Å². The molecule has 3 aromatic carbocycles. The number of methoxy groups -OCH3 is 2. The molecular weight excluding hydrogens is 408 g/mol. The zero-order chi connectivity index (χ0) is 22.8. The summed E-state index contributed by atoms with van der Waals surface area (Å²) in [7, 11) is 3.05. The highest BCUT2D eigenvalue weighted by Gasteiger charge is 2.12.